The van der Waals surface area contributed by atoms with Crippen LogP contribution in [0.15, 0.2) is 18.2 Å². The quantitative estimate of drug-likeness (QED) is 0.887. The third-order valence-corrected chi connectivity index (χ3v) is 4.26. The molecule has 1 aromatic carbocycles. The van der Waals surface area contributed by atoms with Crippen LogP contribution in [-0.4, -0.2) is 49.6 Å². The molecule has 130 valence electrons. The number of methoxy groups -OCH3 is 1. The van der Waals surface area contributed by atoms with Crippen LogP contribution < -0.4 is 15.4 Å². The first kappa shape index (κ1) is 19.8. The van der Waals surface area contributed by atoms with E-state index in [-0.39, 0.29) is 36.5 Å². The summed E-state index contributed by atoms with van der Waals surface area (Å²) in [4.78, 5) is 16.1. The number of carbonyl (C=O) groups excluding carboxylic acids is 1. The van der Waals surface area contributed by atoms with E-state index in [2.05, 4.69) is 4.90 Å². The predicted octanol–water partition coefficient (Wildman–Crippen LogP) is 1.82. The molecule has 1 heterocycles. The summed E-state index contributed by atoms with van der Waals surface area (Å²) < 4.78 is 18.5. The maximum Gasteiger partial charge on any atom is 0.242 e. The molecule has 1 aliphatic heterocycles. The Balaban J connectivity index is 0.00000132. The zero-order valence-corrected chi connectivity index (χ0v) is 14.6. The van der Waals surface area contributed by atoms with Crippen molar-refractivity contribution in [1.82, 2.24) is 4.90 Å². The molecule has 0 bridgehead atoms. The summed E-state index contributed by atoms with van der Waals surface area (Å²) >= 11 is 0. The SMILES string of the molecule is COc1cc(F)ccc1N1CCN(C(=O)C2(N)CC2)CC1.Cl.Cl. The molecule has 2 fully saturated rings. The number of benzene rings is 1. The van der Waals surface area contributed by atoms with Gasteiger partial charge in [0.1, 0.15) is 11.6 Å². The van der Waals surface area contributed by atoms with Crippen molar-refractivity contribution in [1.29, 1.82) is 0 Å². The molecule has 0 aromatic heterocycles. The van der Waals surface area contributed by atoms with Crippen LogP contribution in [0.25, 0.3) is 0 Å². The first-order valence-corrected chi connectivity index (χ1v) is 7.20. The van der Waals surface area contributed by atoms with Gasteiger partial charge in [0, 0.05) is 32.2 Å². The van der Waals surface area contributed by atoms with Crippen LogP contribution in [0.1, 0.15) is 12.8 Å². The van der Waals surface area contributed by atoms with E-state index in [4.69, 9.17) is 10.5 Å². The van der Waals surface area contributed by atoms with Crippen LogP contribution in [0.4, 0.5) is 10.1 Å². The fourth-order valence-corrected chi connectivity index (χ4v) is 2.73. The number of piperazine rings is 1. The fourth-order valence-electron chi connectivity index (χ4n) is 2.73. The van der Waals surface area contributed by atoms with E-state index in [0.717, 1.165) is 18.5 Å². The van der Waals surface area contributed by atoms with Gasteiger partial charge in [0.05, 0.1) is 18.3 Å². The van der Waals surface area contributed by atoms with Crippen LogP contribution in [0.3, 0.4) is 0 Å². The Kier molecular flexibility index (Phi) is 6.50. The Morgan fingerprint density at radius 1 is 1.22 bits per heavy atom. The fraction of sp³-hybridized carbons (Fsp3) is 0.533. The second-order valence-corrected chi connectivity index (χ2v) is 5.75. The summed E-state index contributed by atoms with van der Waals surface area (Å²) in [6, 6.07) is 4.53. The average molecular weight is 366 g/mol. The predicted molar refractivity (Wildman–Crippen MR) is 92.4 cm³/mol. The minimum atomic E-state index is -0.601. The summed E-state index contributed by atoms with van der Waals surface area (Å²) in [6.07, 6.45) is 1.58. The molecule has 5 nitrogen and oxygen atoms in total. The Morgan fingerprint density at radius 2 is 1.83 bits per heavy atom. The van der Waals surface area contributed by atoms with Gasteiger partial charge in [-0.05, 0) is 25.0 Å². The lowest BCUT2D eigenvalue weighted by atomic mass is 10.2. The number of halogens is 3. The third kappa shape index (κ3) is 4.00. The molecule has 0 atom stereocenters. The Morgan fingerprint density at radius 3 is 2.35 bits per heavy atom. The van der Waals surface area contributed by atoms with Crippen molar-refractivity contribution in [2.45, 2.75) is 18.4 Å². The molecule has 1 aliphatic carbocycles. The van der Waals surface area contributed by atoms with E-state index in [1.807, 2.05) is 4.90 Å². The number of hydrogen-bond acceptors (Lipinski definition) is 4. The second-order valence-electron chi connectivity index (χ2n) is 5.75. The molecule has 23 heavy (non-hydrogen) atoms. The van der Waals surface area contributed by atoms with E-state index in [1.165, 1.54) is 19.2 Å². The van der Waals surface area contributed by atoms with Crippen LogP contribution in [0.2, 0.25) is 0 Å². The number of amides is 1. The molecule has 1 amide bonds. The van der Waals surface area contributed by atoms with Gasteiger partial charge in [0.25, 0.3) is 0 Å². The summed E-state index contributed by atoms with van der Waals surface area (Å²) in [5.74, 6) is 0.267. The first-order chi connectivity index (χ1) is 10.0. The van der Waals surface area contributed by atoms with Crippen molar-refractivity contribution in [2.75, 3.05) is 38.2 Å². The van der Waals surface area contributed by atoms with Gasteiger partial charge in [-0.25, -0.2) is 4.39 Å². The van der Waals surface area contributed by atoms with Gasteiger partial charge in [-0.2, -0.15) is 0 Å². The number of rotatable bonds is 3. The van der Waals surface area contributed by atoms with Gasteiger partial charge < -0.3 is 20.3 Å². The number of anilines is 1. The summed E-state index contributed by atoms with van der Waals surface area (Å²) in [5.41, 5.74) is 6.22. The molecule has 8 heteroatoms. The summed E-state index contributed by atoms with van der Waals surface area (Å²) in [5, 5.41) is 0. The van der Waals surface area contributed by atoms with Crippen molar-refractivity contribution >= 4 is 36.4 Å². The maximum absolute atomic E-state index is 13.2. The van der Waals surface area contributed by atoms with Gasteiger partial charge in [0.2, 0.25) is 5.91 Å². The van der Waals surface area contributed by atoms with Crippen molar-refractivity contribution in [3.05, 3.63) is 24.0 Å². The van der Waals surface area contributed by atoms with Crippen molar-refractivity contribution < 1.29 is 13.9 Å². The van der Waals surface area contributed by atoms with Gasteiger partial charge in [-0.15, -0.1) is 24.8 Å². The first-order valence-electron chi connectivity index (χ1n) is 7.20. The molecule has 1 saturated carbocycles. The number of nitrogens with zero attached hydrogens (tertiary/aromatic N) is 2. The van der Waals surface area contributed by atoms with Crippen molar-refractivity contribution in [3.63, 3.8) is 0 Å². The minimum Gasteiger partial charge on any atom is -0.494 e. The molecular weight excluding hydrogens is 344 g/mol. The highest BCUT2D eigenvalue weighted by Gasteiger charge is 2.48. The topological polar surface area (TPSA) is 58.8 Å². The monoisotopic (exact) mass is 365 g/mol. The van der Waals surface area contributed by atoms with Crippen LogP contribution >= 0.6 is 24.8 Å². The second kappa shape index (κ2) is 7.55. The number of nitrogens with two attached hydrogens (primary N) is 1. The largest absolute Gasteiger partial charge is 0.494 e. The van der Waals surface area contributed by atoms with Gasteiger partial charge in [0.15, 0.2) is 0 Å². The minimum absolute atomic E-state index is 0. The van der Waals surface area contributed by atoms with Gasteiger partial charge in [-0.1, -0.05) is 0 Å². The molecular formula is C15H22Cl2FN3O2. The van der Waals surface area contributed by atoms with Gasteiger partial charge in [-0.3, -0.25) is 4.79 Å². The molecule has 1 saturated heterocycles. The highest BCUT2D eigenvalue weighted by molar-refractivity contribution is 5.89. The summed E-state index contributed by atoms with van der Waals surface area (Å²) in [7, 11) is 1.53. The molecule has 0 spiro atoms. The van der Waals surface area contributed by atoms with E-state index < -0.39 is 5.54 Å². The molecule has 2 N–H and O–H groups in total. The average Bonchev–Trinajstić information content (AvgIpc) is 3.25. The smallest absolute Gasteiger partial charge is 0.242 e. The zero-order valence-electron chi connectivity index (χ0n) is 13.0. The van der Waals surface area contributed by atoms with E-state index in [9.17, 15) is 9.18 Å². The number of carbonyl (C=O) groups is 1. The van der Waals surface area contributed by atoms with E-state index >= 15 is 0 Å². The third-order valence-electron chi connectivity index (χ3n) is 4.26. The van der Waals surface area contributed by atoms with Crippen molar-refractivity contribution in [3.8, 4) is 5.75 Å². The molecule has 0 unspecified atom stereocenters. The Hall–Kier alpha value is -1.24. The lowest BCUT2D eigenvalue weighted by Gasteiger charge is -2.37. The normalized spacial score (nSPS) is 18.6. The van der Waals surface area contributed by atoms with Crippen LogP contribution in [0, 0.1) is 5.82 Å². The zero-order chi connectivity index (χ0) is 15.0. The summed E-state index contributed by atoms with van der Waals surface area (Å²) in [6.45, 7) is 2.67. The highest BCUT2D eigenvalue weighted by atomic mass is 35.5. The molecule has 0 radical (unpaired) electrons. The standard InChI is InChI=1S/C15H20FN3O2.2ClH/c1-21-13-10-11(16)2-3-12(13)18-6-8-19(9-7-18)14(20)15(17)4-5-15;;/h2-3,10H,4-9,17H2,1H3;2*1H. The van der Waals surface area contributed by atoms with E-state index in [1.54, 1.807) is 6.07 Å². The molecule has 1 aromatic rings. The lowest BCUT2D eigenvalue weighted by Crippen LogP contribution is -2.54. The van der Waals surface area contributed by atoms with E-state index in [0.29, 0.717) is 31.9 Å². The molecule has 2 aliphatic rings. The Labute approximate surface area is 147 Å². The lowest BCUT2D eigenvalue weighted by molar-refractivity contribution is -0.133. The van der Waals surface area contributed by atoms with Crippen LogP contribution in [0.5, 0.6) is 5.75 Å². The number of ether oxygens (including phenoxy) is 1. The number of hydrogen-bond donors (Lipinski definition) is 1. The van der Waals surface area contributed by atoms with Crippen LogP contribution in [-0.2, 0) is 4.79 Å². The van der Waals surface area contributed by atoms with Gasteiger partial charge >= 0.3 is 0 Å². The Bertz CT molecular complexity index is 562. The highest BCUT2D eigenvalue weighted by Crippen LogP contribution is 2.35. The molecule has 3 rings (SSSR count). The van der Waals surface area contributed by atoms with Crippen molar-refractivity contribution in [2.24, 2.45) is 5.73 Å². The maximum atomic E-state index is 13.2.